The minimum atomic E-state index is 1.17. The second-order valence-electron chi connectivity index (χ2n) is 1.75. The Morgan fingerprint density at radius 1 is 1.00 bits per heavy atom. The number of rotatable bonds is 4. The molecule has 0 unspecified atom stereocenters. The Kier molecular flexibility index (Phi) is 20.3. The molecular weight excluding hydrogens is 112 g/mol. The molecule has 0 bridgehead atoms. The minimum Gasteiger partial charge on any atom is -0.333 e. The fraction of sp³-hybridized carbons (Fsp3) is 1.00. The van der Waals surface area contributed by atoms with E-state index < -0.39 is 0 Å². The maximum absolute atomic E-state index is 4.50. The molecule has 0 aromatic rings. The van der Waals surface area contributed by atoms with E-state index in [1.165, 1.54) is 33.0 Å². The van der Waals surface area contributed by atoms with Crippen LogP contribution >= 0.6 is 0 Å². The monoisotopic (exact) mass is 132 g/mol. The summed E-state index contributed by atoms with van der Waals surface area (Å²) in [5.41, 5.74) is 4.50. The van der Waals surface area contributed by atoms with Gasteiger partial charge in [-0.1, -0.05) is 13.8 Å². The summed E-state index contributed by atoms with van der Waals surface area (Å²) >= 11 is 0. The van der Waals surface area contributed by atoms with Gasteiger partial charge >= 0.3 is 0 Å². The summed E-state index contributed by atoms with van der Waals surface area (Å²) in [6.07, 6.45) is 2.50. The predicted molar refractivity (Wildman–Crippen MR) is 43.6 cm³/mol. The second kappa shape index (κ2) is 15.7. The van der Waals surface area contributed by atoms with Crippen molar-refractivity contribution >= 4 is 0 Å². The van der Waals surface area contributed by atoms with Crippen molar-refractivity contribution in [2.75, 3.05) is 20.1 Å². The number of nitrogens with one attached hydrogen (secondary N) is 1. The first kappa shape index (κ1) is 11.7. The molecule has 0 rings (SSSR count). The normalized spacial score (nSPS) is 8.00. The second-order valence-corrected chi connectivity index (χ2v) is 1.75. The fourth-order valence-corrected chi connectivity index (χ4v) is 0.479. The first-order valence-corrected chi connectivity index (χ1v) is 3.70. The Balaban J connectivity index is 0. The molecule has 0 fully saturated rings. The van der Waals surface area contributed by atoms with Crippen molar-refractivity contribution in [1.29, 1.82) is 0 Å². The molecule has 0 radical (unpaired) electrons. The third-order valence-corrected chi connectivity index (χ3v) is 0.854. The molecule has 58 valence electrons. The van der Waals surface area contributed by atoms with Crippen LogP contribution < -0.4 is 11.1 Å². The van der Waals surface area contributed by atoms with Gasteiger partial charge in [-0.3, -0.25) is 0 Å². The molecule has 2 heteroatoms. The SMILES string of the molecule is CCCNCCC.CN. The largest absolute Gasteiger partial charge is 0.333 e. The quantitative estimate of drug-likeness (QED) is 0.559. The van der Waals surface area contributed by atoms with Crippen LogP contribution in [0.4, 0.5) is 0 Å². The Morgan fingerprint density at radius 3 is 1.56 bits per heavy atom. The van der Waals surface area contributed by atoms with E-state index in [0.29, 0.717) is 0 Å². The molecule has 0 aliphatic carbocycles. The van der Waals surface area contributed by atoms with E-state index in [2.05, 4.69) is 24.9 Å². The average Bonchev–Trinajstić information content (AvgIpc) is 1.94. The van der Waals surface area contributed by atoms with Gasteiger partial charge in [-0.2, -0.15) is 0 Å². The molecule has 0 heterocycles. The lowest BCUT2D eigenvalue weighted by molar-refractivity contribution is 0.662. The summed E-state index contributed by atoms with van der Waals surface area (Å²) in [5, 5.41) is 3.28. The zero-order valence-electron chi connectivity index (χ0n) is 6.91. The number of nitrogens with two attached hydrogens (primary N) is 1. The van der Waals surface area contributed by atoms with Gasteiger partial charge in [-0.15, -0.1) is 0 Å². The molecular formula is C7H20N2. The van der Waals surface area contributed by atoms with E-state index in [4.69, 9.17) is 0 Å². The zero-order chi connectivity index (χ0) is 7.54. The van der Waals surface area contributed by atoms with Gasteiger partial charge in [0, 0.05) is 0 Å². The van der Waals surface area contributed by atoms with E-state index >= 15 is 0 Å². The van der Waals surface area contributed by atoms with Crippen LogP contribution in [0.1, 0.15) is 26.7 Å². The van der Waals surface area contributed by atoms with Gasteiger partial charge in [0.25, 0.3) is 0 Å². The molecule has 9 heavy (non-hydrogen) atoms. The van der Waals surface area contributed by atoms with E-state index in [1.54, 1.807) is 0 Å². The van der Waals surface area contributed by atoms with Crippen molar-refractivity contribution in [3.8, 4) is 0 Å². The highest BCUT2D eigenvalue weighted by atomic mass is 14.8. The lowest BCUT2D eigenvalue weighted by atomic mass is 10.4. The van der Waals surface area contributed by atoms with Gasteiger partial charge < -0.3 is 11.1 Å². The van der Waals surface area contributed by atoms with Crippen molar-refractivity contribution < 1.29 is 0 Å². The standard InChI is InChI=1S/C6H15N.CH5N/c1-3-5-7-6-4-2;1-2/h7H,3-6H2,1-2H3;2H2,1H3. The van der Waals surface area contributed by atoms with E-state index in [-0.39, 0.29) is 0 Å². The summed E-state index contributed by atoms with van der Waals surface area (Å²) in [5.74, 6) is 0. The minimum absolute atomic E-state index is 1.17. The van der Waals surface area contributed by atoms with Crippen LogP contribution in [0.25, 0.3) is 0 Å². The van der Waals surface area contributed by atoms with Crippen LogP contribution in [0.15, 0.2) is 0 Å². The molecule has 0 aliphatic heterocycles. The predicted octanol–water partition coefficient (Wildman–Crippen LogP) is 0.971. The molecule has 0 atom stereocenters. The summed E-state index contributed by atoms with van der Waals surface area (Å²) in [6.45, 7) is 6.72. The van der Waals surface area contributed by atoms with Crippen molar-refractivity contribution in [3.63, 3.8) is 0 Å². The lowest BCUT2D eigenvalue weighted by Crippen LogP contribution is -2.14. The Hall–Kier alpha value is -0.0800. The molecule has 0 aromatic carbocycles. The van der Waals surface area contributed by atoms with Crippen LogP contribution in [0.3, 0.4) is 0 Å². The Bertz CT molecular complexity index is 26.1. The van der Waals surface area contributed by atoms with Crippen LogP contribution in [0, 0.1) is 0 Å². The van der Waals surface area contributed by atoms with Crippen LogP contribution in [0.2, 0.25) is 0 Å². The molecule has 3 N–H and O–H groups in total. The smallest absolute Gasteiger partial charge is 0.00516 e. The summed E-state index contributed by atoms with van der Waals surface area (Å²) in [6, 6.07) is 0. The van der Waals surface area contributed by atoms with Crippen molar-refractivity contribution in [1.82, 2.24) is 5.32 Å². The highest BCUT2D eigenvalue weighted by Crippen LogP contribution is 1.71. The first-order chi connectivity index (χ1) is 4.41. The molecule has 0 spiro atoms. The number of hydrogen-bond donors (Lipinski definition) is 2. The Morgan fingerprint density at radius 2 is 1.33 bits per heavy atom. The molecule has 0 saturated carbocycles. The average molecular weight is 132 g/mol. The summed E-state index contributed by atoms with van der Waals surface area (Å²) in [7, 11) is 1.50. The van der Waals surface area contributed by atoms with Gasteiger partial charge in [-0.25, -0.2) is 0 Å². The lowest BCUT2D eigenvalue weighted by Gasteiger charge is -1.95. The van der Waals surface area contributed by atoms with Crippen LogP contribution in [0.5, 0.6) is 0 Å². The third-order valence-electron chi connectivity index (χ3n) is 0.854. The van der Waals surface area contributed by atoms with Crippen molar-refractivity contribution in [2.24, 2.45) is 5.73 Å². The van der Waals surface area contributed by atoms with E-state index in [1.807, 2.05) is 0 Å². The molecule has 0 saturated heterocycles. The van der Waals surface area contributed by atoms with Gasteiger partial charge in [0.15, 0.2) is 0 Å². The van der Waals surface area contributed by atoms with Crippen molar-refractivity contribution in [3.05, 3.63) is 0 Å². The maximum atomic E-state index is 4.50. The van der Waals surface area contributed by atoms with Crippen LogP contribution in [-0.4, -0.2) is 20.1 Å². The van der Waals surface area contributed by atoms with E-state index in [0.717, 1.165) is 0 Å². The van der Waals surface area contributed by atoms with Gasteiger partial charge in [0.1, 0.15) is 0 Å². The molecule has 0 aromatic heterocycles. The van der Waals surface area contributed by atoms with Gasteiger partial charge in [0.2, 0.25) is 0 Å². The Labute approximate surface area is 58.8 Å². The molecule has 2 nitrogen and oxygen atoms in total. The van der Waals surface area contributed by atoms with Crippen LogP contribution in [-0.2, 0) is 0 Å². The maximum Gasteiger partial charge on any atom is -0.00516 e. The zero-order valence-corrected chi connectivity index (χ0v) is 6.91. The topological polar surface area (TPSA) is 38.0 Å². The number of hydrogen-bond acceptors (Lipinski definition) is 2. The first-order valence-electron chi connectivity index (χ1n) is 3.70. The van der Waals surface area contributed by atoms with E-state index in [9.17, 15) is 0 Å². The highest BCUT2D eigenvalue weighted by molar-refractivity contribution is 4.39. The van der Waals surface area contributed by atoms with Gasteiger partial charge in [-0.05, 0) is 33.0 Å². The third kappa shape index (κ3) is 18.1. The van der Waals surface area contributed by atoms with Crippen molar-refractivity contribution in [2.45, 2.75) is 26.7 Å². The fourth-order valence-electron chi connectivity index (χ4n) is 0.479. The summed E-state index contributed by atoms with van der Waals surface area (Å²) in [4.78, 5) is 0. The molecule has 0 amide bonds. The summed E-state index contributed by atoms with van der Waals surface area (Å²) < 4.78 is 0. The highest BCUT2D eigenvalue weighted by Gasteiger charge is 1.76. The molecule has 0 aliphatic rings. The van der Waals surface area contributed by atoms with Gasteiger partial charge in [0.05, 0.1) is 0 Å².